The molecule has 1 aromatic rings. The van der Waals surface area contributed by atoms with Crippen molar-refractivity contribution in [3.8, 4) is 5.75 Å². The quantitative estimate of drug-likeness (QED) is 0.722. The van der Waals surface area contributed by atoms with Gasteiger partial charge in [-0.2, -0.15) is 0 Å². The number of para-hydroxylation sites is 1. The molecule has 0 aliphatic heterocycles. The fourth-order valence-corrected chi connectivity index (χ4v) is 4.20. The second kappa shape index (κ2) is 6.90. The maximum absolute atomic E-state index is 11.6. The number of carbonyl (C=O) groups is 1. The molecule has 118 valence electrons. The number of hydrogen-bond acceptors (Lipinski definition) is 6. The molecule has 0 aromatic heterocycles. The van der Waals surface area contributed by atoms with Crippen molar-refractivity contribution in [2.45, 2.75) is 0 Å². The van der Waals surface area contributed by atoms with Crippen LogP contribution in [0.1, 0.15) is 10.4 Å². The zero-order valence-electron chi connectivity index (χ0n) is 11.4. The van der Waals surface area contributed by atoms with E-state index in [0.29, 0.717) is 0 Å². The molecule has 0 amide bonds. The van der Waals surface area contributed by atoms with Crippen LogP contribution in [0.4, 0.5) is 0 Å². The Balaban J connectivity index is 2.59. The van der Waals surface area contributed by atoms with Crippen molar-refractivity contribution in [1.29, 1.82) is 0 Å². The molecule has 0 atom stereocenters. The number of ether oxygens (including phenoxy) is 1. The lowest BCUT2D eigenvalue weighted by Crippen LogP contribution is -2.22. The number of hydrogen-bond donors (Lipinski definition) is 1. The molecule has 0 unspecified atom stereocenters. The number of rotatable bonds is 8. The molecule has 0 fully saturated rings. The maximum atomic E-state index is 11.6. The van der Waals surface area contributed by atoms with Crippen molar-refractivity contribution in [2.75, 3.05) is 30.1 Å². The molecule has 9 heteroatoms. The molecular formula is C12H16O7S2. The summed E-state index contributed by atoms with van der Waals surface area (Å²) in [5.41, 5.74) is -0.0639. The Bertz CT molecular complexity index is 705. The largest absolute Gasteiger partial charge is 0.492 e. The Morgan fingerprint density at radius 1 is 1.10 bits per heavy atom. The van der Waals surface area contributed by atoms with E-state index in [-0.39, 0.29) is 23.7 Å². The van der Waals surface area contributed by atoms with Crippen LogP contribution in [0.2, 0.25) is 0 Å². The zero-order chi connectivity index (χ0) is 16.1. The summed E-state index contributed by atoms with van der Waals surface area (Å²) >= 11 is 0. The monoisotopic (exact) mass is 336 g/mol. The van der Waals surface area contributed by atoms with Gasteiger partial charge in [0.1, 0.15) is 27.8 Å². The fourth-order valence-electron chi connectivity index (χ4n) is 1.43. The summed E-state index contributed by atoms with van der Waals surface area (Å²) in [5, 5.41) is 8.93. The standard InChI is InChI=1S/C12H16O7S2/c1-20(15,16)8-9-21(17,18)7-6-19-11-5-3-2-4-10(11)12(13)14/h2-5H,6-9H2,1H3,(H,13,14). The van der Waals surface area contributed by atoms with Crippen LogP contribution in [0.25, 0.3) is 0 Å². The number of sulfone groups is 2. The van der Waals surface area contributed by atoms with E-state index in [9.17, 15) is 21.6 Å². The molecule has 1 rings (SSSR count). The first-order valence-electron chi connectivity index (χ1n) is 5.94. The minimum absolute atomic E-state index is 0.0639. The highest BCUT2D eigenvalue weighted by atomic mass is 32.2. The van der Waals surface area contributed by atoms with Gasteiger partial charge >= 0.3 is 5.97 Å². The van der Waals surface area contributed by atoms with Gasteiger partial charge in [0.25, 0.3) is 0 Å². The Morgan fingerprint density at radius 2 is 1.71 bits per heavy atom. The summed E-state index contributed by atoms with van der Waals surface area (Å²) in [5.74, 6) is -2.40. The number of carboxylic acids is 1. The van der Waals surface area contributed by atoms with Crippen LogP contribution in [0, 0.1) is 0 Å². The van der Waals surface area contributed by atoms with Crippen molar-refractivity contribution in [3.63, 3.8) is 0 Å². The summed E-state index contributed by atoms with van der Waals surface area (Å²) in [6, 6.07) is 5.86. The second-order valence-corrected chi connectivity index (χ2v) is 8.99. The summed E-state index contributed by atoms with van der Waals surface area (Å²) < 4.78 is 50.3. The Labute approximate surface area is 123 Å². The van der Waals surface area contributed by atoms with Crippen molar-refractivity contribution in [2.24, 2.45) is 0 Å². The molecule has 0 heterocycles. The fraction of sp³-hybridized carbons (Fsp3) is 0.417. The van der Waals surface area contributed by atoms with E-state index in [4.69, 9.17) is 9.84 Å². The Kier molecular flexibility index (Phi) is 5.73. The van der Waals surface area contributed by atoms with Gasteiger partial charge in [-0.25, -0.2) is 21.6 Å². The van der Waals surface area contributed by atoms with Crippen molar-refractivity contribution < 1.29 is 31.5 Å². The van der Waals surface area contributed by atoms with Crippen LogP contribution in [0.5, 0.6) is 5.75 Å². The van der Waals surface area contributed by atoms with Crippen LogP contribution >= 0.6 is 0 Å². The molecule has 0 radical (unpaired) electrons. The third-order valence-corrected chi connectivity index (χ3v) is 5.35. The van der Waals surface area contributed by atoms with Crippen LogP contribution < -0.4 is 4.74 Å². The molecule has 0 saturated heterocycles. The van der Waals surface area contributed by atoms with E-state index in [1.807, 2.05) is 0 Å². The van der Waals surface area contributed by atoms with Crippen molar-refractivity contribution in [1.82, 2.24) is 0 Å². The third-order valence-electron chi connectivity index (χ3n) is 2.53. The average Bonchev–Trinajstić information content (AvgIpc) is 2.36. The molecular weight excluding hydrogens is 320 g/mol. The van der Waals surface area contributed by atoms with Gasteiger partial charge in [-0.15, -0.1) is 0 Å². The van der Waals surface area contributed by atoms with E-state index in [0.717, 1.165) is 6.26 Å². The molecule has 0 aliphatic carbocycles. The van der Waals surface area contributed by atoms with Crippen LogP contribution in [0.3, 0.4) is 0 Å². The number of benzene rings is 1. The first kappa shape index (κ1) is 17.4. The minimum Gasteiger partial charge on any atom is -0.492 e. The van der Waals surface area contributed by atoms with Gasteiger partial charge < -0.3 is 9.84 Å². The lowest BCUT2D eigenvalue weighted by atomic mass is 10.2. The first-order valence-corrected chi connectivity index (χ1v) is 9.82. The molecule has 1 N–H and O–H groups in total. The van der Waals surface area contributed by atoms with Gasteiger partial charge in [0.05, 0.1) is 17.3 Å². The lowest BCUT2D eigenvalue weighted by Gasteiger charge is -2.09. The Hall–Kier alpha value is -1.61. The van der Waals surface area contributed by atoms with Gasteiger partial charge in [-0.1, -0.05) is 12.1 Å². The lowest BCUT2D eigenvalue weighted by molar-refractivity contribution is 0.0692. The van der Waals surface area contributed by atoms with E-state index < -0.39 is 37.1 Å². The van der Waals surface area contributed by atoms with E-state index in [1.165, 1.54) is 18.2 Å². The summed E-state index contributed by atoms with van der Waals surface area (Å²) in [6.45, 7) is -0.240. The molecule has 1 aromatic carbocycles. The predicted octanol–water partition coefficient (Wildman–Crippen LogP) is 0.223. The normalized spacial score (nSPS) is 12.0. The average molecular weight is 336 g/mol. The predicted molar refractivity (Wildman–Crippen MR) is 77.3 cm³/mol. The second-order valence-electron chi connectivity index (χ2n) is 4.43. The highest BCUT2D eigenvalue weighted by Gasteiger charge is 2.16. The summed E-state index contributed by atoms with van der Waals surface area (Å²) in [4.78, 5) is 10.9. The molecule has 7 nitrogen and oxygen atoms in total. The number of carboxylic acid groups (broad SMARTS) is 1. The minimum atomic E-state index is -3.57. The van der Waals surface area contributed by atoms with Crippen molar-refractivity contribution in [3.05, 3.63) is 29.8 Å². The SMILES string of the molecule is CS(=O)(=O)CCS(=O)(=O)CCOc1ccccc1C(=O)O. The maximum Gasteiger partial charge on any atom is 0.339 e. The third kappa shape index (κ3) is 6.58. The van der Waals surface area contributed by atoms with Gasteiger partial charge in [0, 0.05) is 6.26 Å². The van der Waals surface area contributed by atoms with Gasteiger partial charge in [-0.3, -0.25) is 0 Å². The van der Waals surface area contributed by atoms with Crippen molar-refractivity contribution >= 4 is 25.6 Å². The van der Waals surface area contributed by atoms with Crippen LogP contribution in [0.15, 0.2) is 24.3 Å². The van der Waals surface area contributed by atoms with E-state index in [2.05, 4.69) is 0 Å². The molecule has 21 heavy (non-hydrogen) atoms. The smallest absolute Gasteiger partial charge is 0.339 e. The number of aromatic carboxylic acids is 1. The first-order chi connectivity index (χ1) is 9.61. The molecule has 0 saturated carbocycles. The van der Waals surface area contributed by atoms with Gasteiger partial charge in [-0.05, 0) is 12.1 Å². The van der Waals surface area contributed by atoms with E-state index >= 15 is 0 Å². The van der Waals surface area contributed by atoms with E-state index in [1.54, 1.807) is 6.07 Å². The molecule has 0 aliphatic rings. The highest BCUT2D eigenvalue weighted by molar-refractivity contribution is 7.94. The molecule has 0 bridgehead atoms. The van der Waals surface area contributed by atoms with Gasteiger partial charge in [0.15, 0.2) is 9.84 Å². The topological polar surface area (TPSA) is 115 Å². The van der Waals surface area contributed by atoms with Crippen LogP contribution in [-0.4, -0.2) is 58.0 Å². The van der Waals surface area contributed by atoms with Gasteiger partial charge in [0.2, 0.25) is 0 Å². The highest BCUT2D eigenvalue weighted by Crippen LogP contribution is 2.17. The summed E-state index contributed by atoms with van der Waals surface area (Å²) in [7, 11) is -6.92. The van der Waals surface area contributed by atoms with Crippen LogP contribution in [-0.2, 0) is 19.7 Å². The zero-order valence-corrected chi connectivity index (χ0v) is 13.0. The summed E-state index contributed by atoms with van der Waals surface area (Å²) in [6.07, 6.45) is 0.960. The Morgan fingerprint density at radius 3 is 2.29 bits per heavy atom. The molecule has 0 spiro atoms.